The Morgan fingerprint density at radius 3 is 2.65 bits per heavy atom. The first kappa shape index (κ1) is 17.7. The number of rotatable bonds is 4. The van der Waals surface area contributed by atoms with Crippen molar-refractivity contribution >= 4 is 15.7 Å². The average molecular weight is 351 g/mol. The van der Waals surface area contributed by atoms with Gasteiger partial charge in [0.2, 0.25) is 5.91 Å². The maximum Gasteiger partial charge on any atom is 0.416 e. The lowest BCUT2D eigenvalue weighted by molar-refractivity contribution is -0.137. The number of hydrogen-bond donors (Lipinski definition) is 1. The first-order valence-corrected chi connectivity index (χ1v) is 8.45. The Kier molecular flexibility index (Phi) is 5.00. The van der Waals surface area contributed by atoms with Crippen molar-refractivity contribution in [2.24, 2.45) is 0 Å². The third-order valence-corrected chi connectivity index (χ3v) is 5.75. The Morgan fingerprint density at radius 2 is 2.09 bits per heavy atom. The zero-order valence-corrected chi connectivity index (χ0v) is 13.1. The van der Waals surface area contributed by atoms with Crippen molar-refractivity contribution in [2.75, 3.05) is 13.2 Å². The van der Waals surface area contributed by atoms with Crippen LogP contribution in [0.25, 0.3) is 0 Å². The van der Waals surface area contributed by atoms with Crippen molar-refractivity contribution < 1.29 is 31.1 Å². The number of hydrogen-bond acceptors (Lipinski definition) is 4. The van der Waals surface area contributed by atoms with E-state index in [1.165, 1.54) is 6.92 Å². The van der Waals surface area contributed by atoms with Crippen LogP contribution in [-0.2, 0) is 25.5 Å². The molecule has 1 aromatic rings. The van der Waals surface area contributed by atoms with Crippen molar-refractivity contribution in [2.45, 2.75) is 35.8 Å². The van der Waals surface area contributed by atoms with Gasteiger partial charge in [0.05, 0.1) is 21.8 Å². The highest BCUT2D eigenvalue weighted by atomic mass is 32.2. The average Bonchev–Trinajstić information content (AvgIpc) is 2.49. The molecule has 0 spiro atoms. The monoisotopic (exact) mass is 351 g/mol. The predicted octanol–water partition coefficient (Wildman–Crippen LogP) is 1.77. The van der Waals surface area contributed by atoms with Gasteiger partial charge in [-0.3, -0.25) is 4.79 Å². The molecule has 1 saturated heterocycles. The van der Waals surface area contributed by atoms with Crippen LogP contribution in [0.2, 0.25) is 0 Å². The minimum Gasteiger partial charge on any atom is -0.367 e. The fraction of sp³-hybridized carbons (Fsp3) is 0.500. The molecule has 1 heterocycles. The topological polar surface area (TPSA) is 72.5 Å². The van der Waals surface area contributed by atoms with Crippen LogP contribution in [-0.4, -0.2) is 38.8 Å². The quantitative estimate of drug-likeness (QED) is 0.897. The number of halogens is 3. The molecule has 2 unspecified atom stereocenters. The first-order chi connectivity index (χ1) is 10.6. The number of ether oxygens (including phenoxy) is 1. The molecule has 0 bridgehead atoms. The van der Waals surface area contributed by atoms with E-state index >= 15 is 0 Å². The number of carbonyl (C=O) groups is 1. The highest BCUT2D eigenvalue weighted by Crippen LogP contribution is 2.31. The molecule has 0 aromatic heterocycles. The second-order valence-corrected chi connectivity index (χ2v) is 7.72. The third-order valence-electron chi connectivity index (χ3n) is 3.59. The summed E-state index contributed by atoms with van der Waals surface area (Å²) in [4.78, 5) is 10.6. The molecule has 2 rings (SSSR count). The van der Waals surface area contributed by atoms with Crippen LogP contribution < -0.4 is 5.32 Å². The van der Waals surface area contributed by atoms with Crippen LogP contribution in [0.4, 0.5) is 13.2 Å². The number of nitrogens with one attached hydrogen (secondary N) is 1. The Morgan fingerprint density at radius 1 is 1.39 bits per heavy atom. The van der Waals surface area contributed by atoms with Crippen molar-refractivity contribution in [1.29, 1.82) is 0 Å². The zero-order valence-electron chi connectivity index (χ0n) is 12.3. The van der Waals surface area contributed by atoms with E-state index in [-0.39, 0.29) is 30.4 Å². The van der Waals surface area contributed by atoms with Gasteiger partial charge in [0, 0.05) is 6.54 Å². The Hall–Kier alpha value is -1.61. The molecule has 2 atom stereocenters. The van der Waals surface area contributed by atoms with E-state index in [1.807, 2.05) is 0 Å². The molecular weight excluding hydrogens is 335 g/mol. The van der Waals surface area contributed by atoms with Gasteiger partial charge >= 0.3 is 6.18 Å². The largest absolute Gasteiger partial charge is 0.416 e. The summed E-state index contributed by atoms with van der Waals surface area (Å²) in [5.41, 5.74) is -1.01. The van der Waals surface area contributed by atoms with Crippen LogP contribution >= 0.6 is 0 Å². The number of amides is 1. The summed E-state index contributed by atoms with van der Waals surface area (Å²) < 4.78 is 68.2. The van der Waals surface area contributed by atoms with Crippen molar-refractivity contribution in [3.8, 4) is 0 Å². The highest BCUT2D eigenvalue weighted by molar-refractivity contribution is 7.92. The molecule has 1 amide bonds. The fourth-order valence-corrected chi connectivity index (χ4v) is 3.75. The smallest absolute Gasteiger partial charge is 0.367 e. The molecular formula is C14H16F3NO4S. The van der Waals surface area contributed by atoms with E-state index in [0.29, 0.717) is 6.07 Å². The lowest BCUT2D eigenvalue weighted by atomic mass is 10.2. The maximum atomic E-state index is 12.7. The van der Waals surface area contributed by atoms with Gasteiger partial charge in [0.25, 0.3) is 0 Å². The van der Waals surface area contributed by atoms with Gasteiger partial charge in [0.15, 0.2) is 9.84 Å². The van der Waals surface area contributed by atoms with Crippen LogP contribution in [0.1, 0.15) is 18.9 Å². The van der Waals surface area contributed by atoms with E-state index < -0.39 is 32.9 Å². The number of carbonyl (C=O) groups excluding carboxylic acids is 1. The number of morpholine rings is 1. The summed E-state index contributed by atoms with van der Waals surface area (Å²) in [6.07, 6.45) is -5.01. The Bertz CT molecular complexity index is 678. The number of benzene rings is 1. The highest BCUT2D eigenvalue weighted by Gasteiger charge is 2.33. The van der Waals surface area contributed by atoms with Gasteiger partial charge in [-0.1, -0.05) is 6.07 Å². The summed E-state index contributed by atoms with van der Waals surface area (Å²) >= 11 is 0. The Labute approximate surface area is 131 Å². The van der Waals surface area contributed by atoms with Crippen molar-refractivity contribution in [3.05, 3.63) is 29.8 Å². The fourth-order valence-electron chi connectivity index (χ4n) is 2.26. The van der Waals surface area contributed by atoms with Gasteiger partial charge in [-0.25, -0.2) is 8.42 Å². The molecule has 1 aromatic carbocycles. The molecule has 5 nitrogen and oxygen atoms in total. The summed E-state index contributed by atoms with van der Waals surface area (Å²) in [5, 5.41) is 1.61. The molecule has 128 valence electrons. The van der Waals surface area contributed by atoms with Crippen LogP contribution in [0.15, 0.2) is 29.2 Å². The number of sulfone groups is 1. The standard InChI is InChI=1S/C14H16F3NO4S/c1-9(5-11-7-18-13(19)8-22-11)23(20,21)12-4-2-3-10(6-12)14(15,16)17/h2-4,6,9,11H,5,7-8H2,1H3,(H,18,19). The second-order valence-electron chi connectivity index (χ2n) is 5.35. The van der Waals surface area contributed by atoms with E-state index in [9.17, 15) is 26.4 Å². The minimum atomic E-state index is -4.61. The van der Waals surface area contributed by atoms with E-state index in [4.69, 9.17) is 4.74 Å². The molecule has 23 heavy (non-hydrogen) atoms. The summed E-state index contributed by atoms with van der Waals surface area (Å²) in [5.74, 6) is -0.283. The van der Waals surface area contributed by atoms with Crippen LogP contribution in [0.5, 0.6) is 0 Å². The SMILES string of the molecule is CC(CC1CNC(=O)CO1)S(=O)(=O)c1cccc(C(F)(F)F)c1. The van der Waals surface area contributed by atoms with E-state index in [0.717, 1.165) is 18.2 Å². The summed E-state index contributed by atoms with van der Waals surface area (Å²) in [7, 11) is -3.93. The van der Waals surface area contributed by atoms with Crippen molar-refractivity contribution in [1.82, 2.24) is 5.32 Å². The van der Waals surface area contributed by atoms with Gasteiger partial charge in [-0.2, -0.15) is 13.2 Å². The minimum absolute atomic E-state index is 0.0822. The normalized spacial score (nSPS) is 20.9. The maximum absolute atomic E-state index is 12.7. The third kappa shape index (κ3) is 4.23. The van der Waals surface area contributed by atoms with E-state index in [1.54, 1.807) is 0 Å². The molecule has 1 fully saturated rings. The second kappa shape index (κ2) is 6.48. The predicted molar refractivity (Wildman–Crippen MR) is 75.5 cm³/mol. The lowest BCUT2D eigenvalue weighted by Gasteiger charge is -2.25. The van der Waals surface area contributed by atoms with Gasteiger partial charge in [-0.05, 0) is 31.5 Å². The molecule has 1 aliphatic rings. The van der Waals surface area contributed by atoms with Crippen molar-refractivity contribution in [3.63, 3.8) is 0 Å². The molecule has 1 N–H and O–H groups in total. The summed E-state index contributed by atoms with van der Waals surface area (Å²) in [6, 6.07) is 3.67. The molecule has 0 aliphatic carbocycles. The van der Waals surface area contributed by atoms with E-state index in [2.05, 4.69) is 5.32 Å². The number of alkyl halides is 3. The summed E-state index contributed by atoms with van der Waals surface area (Å²) in [6.45, 7) is 1.44. The molecule has 0 saturated carbocycles. The zero-order chi connectivity index (χ0) is 17.3. The van der Waals surface area contributed by atoms with Gasteiger partial charge in [0.1, 0.15) is 6.61 Å². The van der Waals surface area contributed by atoms with Crippen LogP contribution in [0, 0.1) is 0 Å². The molecule has 9 heteroatoms. The molecule has 0 radical (unpaired) electrons. The molecule has 1 aliphatic heterocycles. The van der Waals surface area contributed by atoms with Crippen LogP contribution in [0.3, 0.4) is 0 Å². The first-order valence-electron chi connectivity index (χ1n) is 6.90. The van der Waals surface area contributed by atoms with Gasteiger partial charge in [-0.15, -0.1) is 0 Å². The lowest BCUT2D eigenvalue weighted by Crippen LogP contribution is -2.44. The van der Waals surface area contributed by atoms with Gasteiger partial charge < -0.3 is 10.1 Å². The Balaban J connectivity index is 2.16.